The molecule has 158 valence electrons. The molecule has 0 radical (unpaired) electrons. The monoisotopic (exact) mass is 395 g/mol. The molecule has 0 saturated carbocycles. The summed E-state index contributed by atoms with van der Waals surface area (Å²) in [6.45, 7) is 4.88. The fraction of sp³-hybridized carbons (Fsp3) is 0.500. The van der Waals surface area contributed by atoms with Crippen molar-refractivity contribution in [1.29, 1.82) is 0 Å². The van der Waals surface area contributed by atoms with Gasteiger partial charge >= 0.3 is 0 Å². The molecule has 2 aromatic rings. The lowest BCUT2D eigenvalue weighted by Gasteiger charge is -2.14. The molecule has 2 rings (SSSR count). The predicted molar refractivity (Wildman–Crippen MR) is 121 cm³/mol. The Hall–Kier alpha value is -2.29. The number of benzene rings is 2. The van der Waals surface area contributed by atoms with E-state index >= 15 is 0 Å². The van der Waals surface area contributed by atoms with Crippen LogP contribution in [0.15, 0.2) is 54.6 Å². The van der Waals surface area contributed by atoms with Gasteiger partial charge in [0, 0.05) is 12.5 Å². The molecule has 0 aliphatic carbocycles. The number of carbonyl (C=O) groups excluding carboxylic acids is 1. The van der Waals surface area contributed by atoms with E-state index < -0.39 is 0 Å². The second kappa shape index (κ2) is 13.8. The van der Waals surface area contributed by atoms with Crippen molar-refractivity contribution in [3.8, 4) is 5.75 Å². The highest BCUT2D eigenvalue weighted by molar-refractivity contribution is 5.76. The largest absolute Gasteiger partial charge is 0.489 e. The minimum absolute atomic E-state index is 0.142. The Balaban J connectivity index is 1.61. The number of hydrogen-bond acceptors (Lipinski definition) is 2. The van der Waals surface area contributed by atoms with Crippen LogP contribution >= 0.6 is 0 Å². The molecule has 29 heavy (non-hydrogen) atoms. The van der Waals surface area contributed by atoms with Crippen molar-refractivity contribution in [1.82, 2.24) is 5.32 Å². The topological polar surface area (TPSA) is 38.3 Å². The zero-order valence-electron chi connectivity index (χ0n) is 18.2. The lowest BCUT2D eigenvalue weighted by atomic mass is 10.1. The first-order chi connectivity index (χ1) is 14.2. The Labute approximate surface area is 176 Å². The molecule has 0 aliphatic heterocycles. The molecule has 3 heteroatoms. The predicted octanol–water partition coefficient (Wildman–Crippen LogP) is 6.45. The maximum Gasteiger partial charge on any atom is 0.220 e. The average molecular weight is 396 g/mol. The van der Waals surface area contributed by atoms with Gasteiger partial charge in [-0.3, -0.25) is 4.79 Å². The van der Waals surface area contributed by atoms with Crippen molar-refractivity contribution in [2.45, 2.75) is 84.3 Å². The van der Waals surface area contributed by atoms with Crippen molar-refractivity contribution in [3.63, 3.8) is 0 Å². The smallest absolute Gasteiger partial charge is 0.220 e. The van der Waals surface area contributed by atoms with Gasteiger partial charge in [0.1, 0.15) is 12.4 Å². The Morgan fingerprint density at radius 1 is 0.862 bits per heavy atom. The van der Waals surface area contributed by atoms with Gasteiger partial charge in [-0.25, -0.2) is 0 Å². The first-order valence-electron chi connectivity index (χ1n) is 11.2. The van der Waals surface area contributed by atoms with Gasteiger partial charge in [-0.2, -0.15) is 0 Å². The standard InChI is InChI=1S/C26H37NO2/c1-3-4-5-6-7-8-12-15-26(28)27-22(2)20-23-16-18-25(19-17-23)29-21-24-13-10-9-11-14-24/h9-11,13-14,16-19,22H,3-8,12,15,20-21H2,1-2H3,(H,27,28). The summed E-state index contributed by atoms with van der Waals surface area (Å²) >= 11 is 0. The summed E-state index contributed by atoms with van der Waals surface area (Å²) in [6, 6.07) is 18.5. The first kappa shape index (κ1) is 23.0. The van der Waals surface area contributed by atoms with E-state index in [4.69, 9.17) is 4.74 Å². The number of ether oxygens (including phenoxy) is 1. The van der Waals surface area contributed by atoms with Crippen LogP contribution in [0.3, 0.4) is 0 Å². The second-order valence-electron chi connectivity index (χ2n) is 7.96. The van der Waals surface area contributed by atoms with Crippen LogP contribution in [0.1, 0.15) is 76.3 Å². The van der Waals surface area contributed by atoms with Crippen LogP contribution in [0.25, 0.3) is 0 Å². The van der Waals surface area contributed by atoms with E-state index in [1.807, 2.05) is 30.3 Å². The third-order valence-corrected chi connectivity index (χ3v) is 5.13. The fourth-order valence-corrected chi connectivity index (χ4v) is 3.46. The van der Waals surface area contributed by atoms with Gasteiger partial charge in [-0.15, -0.1) is 0 Å². The quantitative estimate of drug-likeness (QED) is 0.373. The summed E-state index contributed by atoms with van der Waals surface area (Å²) in [5, 5.41) is 3.13. The summed E-state index contributed by atoms with van der Waals surface area (Å²) in [4.78, 5) is 12.1. The van der Waals surface area contributed by atoms with E-state index in [0.29, 0.717) is 13.0 Å². The molecule has 3 nitrogen and oxygen atoms in total. The van der Waals surface area contributed by atoms with Crippen molar-refractivity contribution in [2.75, 3.05) is 0 Å². The van der Waals surface area contributed by atoms with Crippen LogP contribution in [0.4, 0.5) is 0 Å². The third kappa shape index (κ3) is 10.2. The van der Waals surface area contributed by atoms with Crippen molar-refractivity contribution in [3.05, 3.63) is 65.7 Å². The maximum atomic E-state index is 12.1. The van der Waals surface area contributed by atoms with Gasteiger partial charge in [0.15, 0.2) is 0 Å². The minimum atomic E-state index is 0.142. The minimum Gasteiger partial charge on any atom is -0.489 e. The molecule has 1 amide bonds. The van der Waals surface area contributed by atoms with Gasteiger partial charge in [-0.05, 0) is 43.0 Å². The van der Waals surface area contributed by atoms with Crippen LogP contribution < -0.4 is 10.1 Å². The molecule has 2 aromatic carbocycles. The van der Waals surface area contributed by atoms with Crippen LogP contribution in [0, 0.1) is 0 Å². The van der Waals surface area contributed by atoms with Crippen LogP contribution in [-0.4, -0.2) is 11.9 Å². The maximum absolute atomic E-state index is 12.1. The molecular formula is C26H37NO2. The Morgan fingerprint density at radius 3 is 2.21 bits per heavy atom. The fourth-order valence-electron chi connectivity index (χ4n) is 3.46. The van der Waals surface area contributed by atoms with Gasteiger partial charge in [0.05, 0.1) is 0 Å². The second-order valence-corrected chi connectivity index (χ2v) is 7.96. The number of hydrogen-bond donors (Lipinski definition) is 1. The number of amides is 1. The molecule has 0 bridgehead atoms. The van der Waals surface area contributed by atoms with Crippen molar-refractivity contribution < 1.29 is 9.53 Å². The summed E-state index contributed by atoms with van der Waals surface area (Å²) in [7, 11) is 0. The summed E-state index contributed by atoms with van der Waals surface area (Å²) in [6.07, 6.45) is 10.1. The number of carbonyl (C=O) groups is 1. The van der Waals surface area contributed by atoms with Crippen LogP contribution in [-0.2, 0) is 17.8 Å². The van der Waals surface area contributed by atoms with E-state index in [1.165, 1.54) is 37.7 Å². The van der Waals surface area contributed by atoms with Crippen LogP contribution in [0.2, 0.25) is 0 Å². The van der Waals surface area contributed by atoms with Crippen LogP contribution in [0.5, 0.6) is 5.75 Å². The molecule has 0 aliphatic rings. The lowest BCUT2D eigenvalue weighted by molar-refractivity contribution is -0.121. The summed E-state index contributed by atoms with van der Waals surface area (Å²) < 4.78 is 5.83. The normalized spacial score (nSPS) is 11.8. The van der Waals surface area contributed by atoms with E-state index in [1.54, 1.807) is 0 Å². The van der Waals surface area contributed by atoms with Gasteiger partial charge in [0.25, 0.3) is 0 Å². The molecule has 0 spiro atoms. The highest BCUT2D eigenvalue weighted by Crippen LogP contribution is 2.15. The van der Waals surface area contributed by atoms with Crippen molar-refractivity contribution >= 4 is 5.91 Å². The number of rotatable bonds is 14. The third-order valence-electron chi connectivity index (χ3n) is 5.13. The zero-order valence-corrected chi connectivity index (χ0v) is 18.2. The Morgan fingerprint density at radius 2 is 1.52 bits per heavy atom. The first-order valence-corrected chi connectivity index (χ1v) is 11.2. The molecule has 0 saturated heterocycles. The van der Waals surface area contributed by atoms with E-state index in [-0.39, 0.29) is 11.9 Å². The molecule has 0 aromatic heterocycles. The lowest BCUT2D eigenvalue weighted by Crippen LogP contribution is -2.33. The van der Waals surface area contributed by atoms with Gasteiger partial charge < -0.3 is 10.1 Å². The van der Waals surface area contributed by atoms with Gasteiger partial charge in [0.2, 0.25) is 5.91 Å². The molecule has 1 atom stereocenters. The zero-order chi connectivity index (χ0) is 20.7. The van der Waals surface area contributed by atoms with E-state index in [2.05, 4.69) is 43.4 Å². The highest BCUT2D eigenvalue weighted by atomic mass is 16.5. The Kier molecular flexibility index (Phi) is 11.0. The van der Waals surface area contributed by atoms with Gasteiger partial charge in [-0.1, -0.05) is 87.9 Å². The molecular weight excluding hydrogens is 358 g/mol. The highest BCUT2D eigenvalue weighted by Gasteiger charge is 2.08. The molecule has 0 heterocycles. The molecule has 1 N–H and O–H groups in total. The average Bonchev–Trinajstić information content (AvgIpc) is 2.73. The summed E-state index contributed by atoms with van der Waals surface area (Å²) in [5.41, 5.74) is 2.37. The molecule has 0 fully saturated rings. The molecule has 1 unspecified atom stereocenters. The summed E-state index contributed by atoms with van der Waals surface area (Å²) in [5.74, 6) is 1.04. The Bertz CT molecular complexity index is 682. The van der Waals surface area contributed by atoms with E-state index in [0.717, 1.165) is 30.6 Å². The van der Waals surface area contributed by atoms with E-state index in [9.17, 15) is 4.79 Å². The number of unbranched alkanes of at least 4 members (excludes halogenated alkanes) is 6. The number of nitrogens with one attached hydrogen (secondary N) is 1. The van der Waals surface area contributed by atoms with Crippen molar-refractivity contribution in [2.24, 2.45) is 0 Å². The SMILES string of the molecule is CCCCCCCCCC(=O)NC(C)Cc1ccc(OCc2ccccc2)cc1.